The zero-order chi connectivity index (χ0) is 26.4. The third-order valence-corrected chi connectivity index (χ3v) is 6.21. The monoisotopic (exact) mass is 531 g/mol. The van der Waals surface area contributed by atoms with Crippen LogP contribution in [0, 0.1) is 0 Å². The van der Waals surface area contributed by atoms with Crippen LogP contribution in [0.1, 0.15) is 25.3 Å². The number of alkyl halides is 3. The number of hydrogen-bond donors (Lipinski definition) is 1. The van der Waals surface area contributed by atoms with Crippen molar-refractivity contribution in [2.75, 3.05) is 32.1 Å². The van der Waals surface area contributed by atoms with E-state index in [2.05, 4.69) is 21.9 Å². The summed E-state index contributed by atoms with van der Waals surface area (Å²) in [5, 5.41) is 6.14. The Morgan fingerprint density at radius 2 is 1.78 bits per heavy atom. The molecule has 5 nitrogen and oxygen atoms in total. The van der Waals surface area contributed by atoms with Crippen molar-refractivity contribution in [1.82, 2.24) is 9.88 Å². The Morgan fingerprint density at radius 1 is 0.946 bits per heavy atom. The lowest BCUT2D eigenvalue weighted by atomic mass is 10.1. The minimum atomic E-state index is -4.70. The number of anilines is 1. The largest absolute Gasteiger partial charge is 0.573 e. The summed E-state index contributed by atoms with van der Waals surface area (Å²) in [5.74, 6) is 0.548. The summed E-state index contributed by atoms with van der Waals surface area (Å²) in [6, 6.07) is 17.6. The molecule has 0 unspecified atom stereocenters. The molecule has 3 aromatic carbocycles. The number of aromatic nitrogens is 1. The van der Waals surface area contributed by atoms with Gasteiger partial charge in [-0.3, -0.25) is 4.90 Å². The van der Waals surface area contributed by atoms with Crippen molar-refractivity contribution in [3.05, 3.63) is 71.2 Å². The Balaban J connectivity index is 1.47. The molecule has 196 valence electrons. The van der Waals surface area contributed by atoms with Crippen LogP contribution in [0.5, 0.6) is 11.5 Å². The van der Waals surface area contributed by atoms with Crippen molar-refractivity contribution >= 4 is 39.1 Å². The first-order valence-electron chi connectivity index (χ1n) is 12.1. The van der Waals surface area contributed by atoms with E-state index in [-0.39, 0.29) is 5.75 Å². The Labute approximate surface area is 219 Å². The summed E-state index contributed by atoms with van der Waals surface area (Å²) in [7, 11) is 1.63. The van der Waals surface area contributed by atoms with Gasteiger partial charge in [0, 0.05) is 35.4 Å². The van der Waals surface area contributed by atoms with Crippen molar-refractivity contribution in [3.63, 3.8) is 0 Å². The van der Waals surface area contributed by atoms with Gasteiger partial charge in [0.25, 0.3) is 0 Å². The molecule has 0 fully saturated rings. The standard InChI is InChI=1S/C28H29ClF3N3O2/c1-3-13-35(18-19-6-4-7-22(15-19)37-28(30,31)32)14-5-12-33-27-23-10-8-20(29)16-26(23)34-25-11-9-21(36-2)17-24(25)27/h4,6-11,15-17H,3,5,12-14,18H2,1-2H3,(H,33,34). The summed E-state index contributed by atoms with van der Waals surface area (Å²) in [6.07, 6.45) is -2.93. The first-order chi connectivity index (χ1) is 17.8. The van der Waals surface area contributed by atoms with E-state index in [9.17, 15) is 13.2 Å². The molecule has 0 amide bonds. The van der Waals surface area contributed by atoms with E-state index in [1.54, 1.807) is 13.2 Å². The normalized spacial score (nSPS) is 11.9. The average Bonchev–Trinajstić information content (AvgIpc) is 2.84. The summed E-state index contributed by atoms with van der Waals surface area (Å²) >= 11 is 6.22. The molecule has 0 aliphatic carbocycles. The van der Waals surface area contributed by atoms with Crippen LogP contribution in [0.25, 0.3) is 21.8 Å². The molecule has 1 N–H and O–H groups in total. The fraction of sp³-hybridized carbons (Fsp3) is 0.321. The number of rotatable bonds is 11. The van der Waals surface area contributed by atoms with Crippen LogP contribution in [0.4, 0.5) is 18.9 Å². The van der Waals surface area contributed by atoms with Gasteiger partial charge in [0.1, 0.15) is 11.5 Å². The first kappa shape index (κ1) is 26.8. The quantitative estimate of drug-likeness (QED) is 0.159. The van der Waals surface area contributed by atoms with Crippen molar-refractivity contribution < 1.29 is 22.6 Å². The molecule has 0 aliphatic rings. The Bertz CT molecular complexity index is 1360. The van der Waals surface area contributed by atoms with E-state index in [0.29, 0.717) is 18.1 Å². The molecule has 1 heterocycles. The number of methoxy groups -OCH3 is 1. The highest BCUT2D eigenvalue weighted by atomic mass is 35.5. The molecule has 0 atom stereocenters. The second-order valence-corrected chi connectivity index (χ2v) is 9.22. The molecule has 1 aromatic heterocycles. The summed E-state index contributed by atoms with van der Waals surface area (Å²) in [6.45, 7) is 4.94. The number of fused-ring (bicyclic) bond motifs is 2. The summed E-state index contributed by atoms with van der Waals surface area (Å²) in [4.78, 5) is 7.00. The van der Waals surface area contributed by atoms with Gasteiger partial charge in [0.2, 0.25) is 0 Å². The maximum absolute atomic E-state index is 12.6. The van der Waals surface area contributed by atoms with Crippen LogP contribution in [0.3, 0.4) is 0 Å². The molecule has 0 saturated heterocycles. The number of halogens is 4. The average molecular weight is 532 g/mol. The number of nitrogens with one attached hydrogen (secondary N) is 1. The third kappa shape index (κ3) is 7.17. The van der Waals surface area contributed by atoms with Crippen LogP contribution >= 0.6 is 11.6 Å². The van der Waals surface area contributed by atoms with E-state index >= 15 is 0 Å². The predicted molar refractivity (Wildman–Crippen MR) is 143 cm³/mol. The number of pyridine rings is 1. The molecule has 0 radical (unpaired) electrons. The predicted octanol–water partition coefficient (Wildman–Crippen LogP) is 7.66. The minimum absolute atomic E-state index is 0.199. The highest BCUT2D eigenvalue weighted by Gasteiger charge is 2.31. The van der Waals surface area contributed by atoms with Crippen molar-refractivity contribution in [2.45, 2.75) is 32.7 Å². The van der Waals surface area contributed by atoms with E-state index in [1.807, 2.05) is 42.5 Å². The molecule has 4 aromatic rings. The Hall–Kier alpha value is -3.23. The maximum Gasteiger partial charge on any atom is 0.573 e. The summed E-state index contributed by atoms with van der Waals surface area (Å²) < 4.78 is 47.3. The van der Waals surface area contributed by atoms with Gasteiger partial charge < -0.3 is 14.8 Å². The molecule has 0 bridgehead atoms. The zero-order valence-corrected chi connectivity index (χ0v) is 21.5. The Kier molecular flexibility index (Phi) is 8.61. The topological polar surface area (TPSA) is 46.6 Å². The molecule has 0 spiro atoms. The number of nitrogens with zero attached hydrogens (tertiary/aromatic N) is 2. The van der Waals surface area contributed by atoms with Gasteiger partial charge in [-0.25, -0.2) is 4.98 Å². The highest BCUT2D eigenvalue weighted by molar-refractivity contribution is 6.31. The first-order valence-corrected chi connectivity index (χ1v) is 12.5. The molecule has 37 heavy (non-hydrogen) atoms. The van der Waals surface area contributed by atoms with E-state index in [0.717, 1.165) is 64.7 Å². The highest BCUT2D eigenvalue weighted by Crippen LogP contribution is 2.34. The fourth-order valence-electron chi connectivity index (χ4n) is 4.42. The lowest BCUT2D eigenvalue weighted by molar-refractivity contribution is -0.274. The van der Waals surface area contributed by atoms with E-state index < -0.39 is 6.36 Å². The molecule has 9 heteroatoms. The number of hydrogen-bond acceptors (Lipinski definition) is 5. The second kappa shape index (κ2) is 11.9. The van der Waals surface area contributed by atoms with Crippen LogP contribution in [0.2, 0.25) is 5.02 Å². The second-order valence-electron chi connectivity index (χ2n) is 8.78. The van der Waals surface area contributed by atoms with Crippen LogP contribution < -0.4 is 14.8 Å². The van der Waals surface area contributed by atoms with Gasteiger partial charge in [-0.1, -0.05) is 30.7 Å². The van der Waals surface area contributed by atoms with Crippen molar-refractivity contribution in [2.24, 2.45) is 0 Å². The molecular weight excluding hydrogens is 503 g/mol. The summed E-state index contributed by atoms with van der Waals surface area (Å²) in [5.41, 5.74) is 3.39. The van der Waals surface area contributed by atoms with Crippen molar-refractivity contribution in [3.8, 4) is 11.5 Å². The lowest BCUT2D eigenvalue weighted by Crippen LogP contribution is -2.26. The molecule has 4 rings (SSSR count). The van der Waals surface area contributed by atoms with Gasteiger partial charge in [-0.05, 0) is 73.5 Å². The van der Waals surface area contributed by atoms with Crippen LogP contribution in [0.15, 0.2) is 60.7 Å². The lowest BCUT2D eigenvalue weighted by Gasteiger charge is -2.22. The minimum Gasteiger partial charge on any atom is -0.497 e. The SMILES string of the molecule is CCCN(CCCNc1c2ccc(Cl)cc2nc2ccc(OC)cc12)Cc1cccc(OC(F)(F)F)c1. The van der Waals surface area contributed by atoms with Gasteiger partial charge in [0.05, 0.1) is 23.8 Å². The smallest absolute Gasteiger partial charge is 0.497 e. The Morgan fingerprint density at radius 3 is 2.54 bits per heavy atom. The number of ether oxygens (including phenoxy) is 2. The molecule has 0 aliphatic heterocycles. The molecular formula is C28H29ClF3N3O2. The van der Waals surface area contributed by atoms with E-state index in [4.69, 9.17) is 21.3 Å². The number of benzene rings is 3. The van der Waals surface area contributed by atoms with Crippen LogP contribution in [-0.2, 0) is 6.54 Å². The van der Waals surface area contributed by atoms with E-state index in [1.165, 1.54) is 12.1 Å². The zero-order valence-electron chi connectivity index (χ0n) is 20.7. The van der Waals surface area contributed by atoms with Gasteiger partial charge in [-0.2, -0.15) is 0 Å². The molecule has 0 saturated carbocycles. The maximum atomic E-state index is 12.6. The van der Waals surface area contributed by atoms with Gasteiger partial charge in [-0.15, -0.1) is 13.2 Å². The van der Waals surface area contributed by atoms with Gasteiger partial charge in [0.15, 0.2) is 0 Å². The fourth-order valence-corrected chi connectivity index (χ4v) is 4.58. The van der Waals surface area contributed by atoms with Gasteiger partial charge >= 0.3 is 6.36 Å². The third-order valence-electron chi connectivity index (χ3n) is 5.97. The van der Waals surface area contributed by atoms with Crippen LogP contribution in [-0.4, -0.2) is 43.0 Å². The van der Waals surface area contributed by atoms with Crippen molar-refractivity contribution in [1.29, 1.82) is 0 Å².